The lowest BCUT2D eigenvalue weighted by Crippen LogP contribution is -2.43. The summed E-state index contributed by atoms with van der Waals surface area (Å²) in [5, 5.41) is 0. The van der Waals surface area contributed by atoms with Gasteiger partial charge in [0.2, 0.25) is 17.7 Å². The zero-order valence-corrected chi connectivity index (χ0v) is 19.7. The Bertz CT molecular complexity index is 1180. The number of amides is 3. The van der Waals surface area contributed by atoms with Crippen LogP contribution in [0.15, 0.2) is 84.9 Å². The summed E-state index contributed by atoms with van der Waals surface area (Å²) in [7, 11) is 1.76. The van der Waals surface area contributed by atoms with Gasteiger partial charge in [-0.15, -0.1) is 0 Å². The molecule has 0 aliphatic carbocycles. The Kier molecular flexibility index (Phi) is 6.92. The molecular formula is C29H30N2O3. The molecule has 0 spiro atoms. The molecule has 5 heteroatoms. The lowest BCUT2D eigenvalue weighted by molar-refractivity contribution is -0.143. The predicted octanol–water partition coefficient (Wildman–Crippen LogP) is 4.28. The fourth-order valence-corrected chi connectivity index (χ4v) is 4.74. The van der Waals surface area contributed by atoms with Gasteiger partial charge in [-0.05, 0) is 35.6 Å². The minimum atomic E-state index is -1.19. The quantitative estimate of drug-likeness (QED) is 0.478. The van der Waals surface area contributed by atoms with E-state index in [1.54, 1.807) is 11.9 Å². The monoisotopic (exact) mass is 454 g/mol. The van der Waals surface area contributed by atoms with E-state index in [0.29, 0.717) is 6.54 Å². The van der Waals surface area contributed by atoms with Crippen LogP contribution in [0.2, 0.25) is 0 Å². The molecule has 174 valence electrons. The van der Waals surface area contributed by atoms with E-state index in [-0.39, 0.29) is 37.1 Å². The van der Waals surface area contributed by atoms with Gasteiger partial charge in [0.1, 0.15) is 0 Å². The molecule has 3 amide bonds. The Hall–Kier alpha value is -3.73. The van der Waals surface area contributed by atoms with Crippen LogP contribution >= 0.6 is 0 Å². The average molecular weight is 455 g/mol. The van der Waals surface area contributed by atoms with Crippen LogP contribution in [0.1, 0.15) is 35.1 Å². The molecule has 4 rings (SSSR count). The zero-order valence-electron chi connectivity index (χ0n) is 19.7. The minimum absolute atomic E-state index is 0.00177. The van der Waals surface area contributed by atoms with Crippen LogP contribution in [-0.4, -0.2) is 41.1 Å². The molecule has 3 aromatic carbocycles. The normalized spacial score (nSPS) is 17.8. The van der Waals surface area contributed by atoms with Crippen LogP contribution in [0.3, 0.4) is 0 Å². The van der Waals surface area contributed by atoms with Crippen molar-refractivity contribution < 1.29 is 14.4 Å². The van der Waals surface area contributed by atoms with E-state index < -0.39 is 5.41 Å². The second-order valence-electron chi connectivity index (χ2n) is 9.07. The molecule has 0 saturated carbocycles. The summed E-state index contributed by atoms with van der Waals surface area (Å²) in [6.07, 6.45) is 0.703. The van der Waals surface area contributed by atoms with Gasteiger partial charge in [0.05, 0.1) is 12.0 Å². The summed E-state index contributed by atoms with van der Waals surface area (Å²) >= 11 is 0. The fraction of sp³-hybridized carbons (Fsp3) is 0.276. The van der Waals surface area contributed by atoms with E-state index in [4.69, 9.17) is 0 Å². The van der Waals surface area contributed by atoms with Crippen LogP contribution in [0.5, 0.6) is 0 Å². The number of benzene rings is 3. The maximum Gasteiger partial charge on any atom is 0.241 e. The van der Waals surface area contributed by atoms with Gasteiger partial charge in [-0.1, -0.05) is 84.9 Å². The number of nitrogens with zero attached hydrogens (tertiary/aromatic N) is 2. The number of likely N-dealkylation sites (tertiary alicyclic amines) is 1. The van der Waals surface area contributed by atoms with Crippen LogP contribution in [0.25, 0.3) is 0 Å². The van der Waals surface area contributed by atoms with Crippen molar-refractivity contribution in [2.75, 3.05) is 13.6 Å². The largest absolute Gasteiger partial charge is 0.345 e. The van der Waals surface area contributed by atoms with E-state index >= 15 is 0 Å². The number of hydrogen-bond donors (Lipinski definition) is 0. The first-order valence-corrected chi connectivity index (χ1v) is 11.6. The van der Waals surface area contributed by atoms with Gasteiger partial charge in [-0.3, -0.25) is 19.3 Å². The summed E-state index contributed by atoms with van der Waals surface area (Å²) in [6.45, 7) is 2.69. The summed E-state index contributed by atoms with van der Waals surface area (Å²) < 4.78 is 0. The van der Waals surface area contributed by atoms with Crippen molar-refractivity contribution in [1.29, 1.82) is 0 Å². The molecule has 1 aliphatic rings. The molecule has 34 heavy (non-hydrogen) atoms. The molecule has 1 atom stereocenters. The number of rotatable bonds is 8. The molecule has 1 saturated heterocycles. The number of hydrogen-bond acceptors (Lipinski definition) is 3. The lowest BCUT2D eigenvalue weighted by Gasteiger charge is -2.30. The minimum Gasteiger partial charge on any atom is -0.345 e. The van der Waals surface area contributed by atoms with Crippen molar-refractivity contribution in [3.05, 3.63) is 107 Å². The molecule has 0 bridgehead atoms. The van der Waals surface area contributed by atoms with E-state index in [1.165, 1.54) is 4.90 Å². The molecule has 1 heterocycles. The van der Waals surface area contributed by atoms with Crippen LogP contribution in [0.4, 0.5) is 0 Å². The third-order valence-electron chi connectivity index (χ3n) is 6.71. The molecular weight excluding hydrogens is 424 g/mol. The topological polar surface area (TPSA) is 57.7 Å². The van der Waals surface area contributed by atoms with Crippen molar-refractivity contribution in [2.24, 2.45) is 0 Å². The van der Waals surface area contributed by atoms with Gasteiger partial charge >= 0.3 is 0 Å². The number of carbonyl (C=O) groups is 3. The Labute approximate surface area is 201 Å². The first kappa shape index (κ1) is 23.4. The van der Waals surface area contributed by atoms with Crippen molar-refractivity contribution in [3.63, 3.8) is 0 Å². The van der Waals surface area contributed by atoms with Gasteiger partial charge in [0, 0.05) is 26.4 Å². The van der Waals surface area contributed by atoms with Gasteiger partial charge < -0.3 is 4.90 Å². The van der Waals surface area contributed by atoms with E-state index in [9.17, 15) is 14.4 Å². The molecule has 1 fully saturated rings. The summed E-state index contributed by atoms with van der Waals surface area (Å²) in [4.78, 5) is 43.4. The standard InChI is InChI=1S/C29H30N2O3/c1-22-11-9-10-16-25(22)29(19-26(32)30(2)18-17-23-12-5-3-6-13-23)20-27(33)31(28(29)34)21-24-14-7-4-8-15-24/h3-16H,17-21H2,1-2H3. The van der Waals surface area contributed by atoms with E-state index in [1.807, 2.05) is 91.9 Å². The third kappa shape index (κ3) is 4.79. The summed E-state index contributed by atoms with van der Waals surface area (Å²) in [5.74, 6) is -0.667. The number of imide groups is 1. The van der Waals surface area contributed by atoms with Crippen molar-refractivity contribution >= 4 is 17.7 Å². The highest BCUT2D eigenvalue weighted by molar-refractivity contribution is 6.10. The van der Waals surface area contributed by atoms with Crippen LogP contribution < -0.4 is 0 Å². The average Bonchev–Trinajstić information content (AvgIpc) is 3.08. The second kappa shape index (κ2) is 10.0. The van der Waals surface area contributed by atoms with Crippen molar-refractivity contribution in [1.82, 2.24) is 9.80 Å². The Morgan fingerprint density at radius 2 is 1.47 bits per heavy atom. The first-order chi connectivity index (χ1) is 16.4. The molecule has 0 radical (unpaired) electrons. The van der Waals surface area contributed by atoms with E-state index in [2.05, 4.69) is 0 Å². The molecule has 3 aromatic rings. The van der Waals surface area contributed by atoms with E-state index in [0.717, 1.165) is 28.7 Å². The molecule has 0 N–H and O–H groups in total. The van der Waals surface area contributed by atoms with Crippen molar-refractivity contribution in [2.45, 2.75) is 38.1 Å². The molecule has 5 nitrogen and oxygen atoms in total. The van der Waals surface area contributed by atoms with Crippen molar-refractivity contribution in [3.8, 4) is 0 Å². The zero-order chi connectivity index (χ0) is 24.1. The lowest BCUT2D eigenvalue weighted by atomic mass is 9.74. The Morgan fingerprint density at radius 1 is 0.882 bits per heavy atom. The van der Waals surface area contributed by atoms with Gasteiger partial charge in [0.25, 0.3) is 0 Å². The maximum absolute atomic E-state index is 13.9. The number of aryl methyl sites for hydroxylation is 1. The summed E-state index contributed by atoms with van der Waals surface area (Å²) in [5.41, 5.74) is 2.52. The van der Waals surface area contributed by atoms with Crippen LogP contribution in [0, 0.1) is 6.92 Å². The molecule has 0 aromatic heterocycles. The van der Waals surface area contributed by atoms with Crippen LogP contribution in [-0.2, 0) is 32.8 Å². The SMILES string of the molecule is Cc1ccccc1C1(CC(=O)N(C)CCc2ccccc2)CC(=O)N(Cc2ccccc2)C1=O. The maximum atomic E-state index is 13.9. The van der Waals surface area contributed by atoms with Gasteiger partial charge in [-0.25, -0.2) is 0 Å². The predicted molar refractivity (Wildman–Crippen MR) is 132 cm³/mol. The molecule has 1 unspecified atom stereocenters. The Morgan fingerprint density at radius 3 is 2.12 bits per heavy atom. The highest BCUT2D eigenvalue weighted by Gasteiger charge is 2.54. The molecule has 1 aliphatic heterocycles. The van der Waals surface area contributed by atoms with Gasteiger partial charge in [0.15, 0.2) is 0 Å². The highest BCUT2D eigenvalue weighted by atomic mass is 16.2. The van der Waals surface area contributed by atoms with Gasteiger partial charge in [-0.2, -0.15) is 0 Å². The highest BCUT2D eigenvalue weighted by Crippen LogP contribution is 2.42. The third-order valence-corrected chi connectivity index (χ3v) is 6.71. The number of carbonyl (C=O) groups excluding carboxylic acids is 3. The fourth-order valence-electron chi connectivity index (χ4n) is 4.74. The second-order valence-corrected chi connectivity index (χ2v) is 9.07. The first-order valence-electron chi connectivity index (χ1n) is 11.6. The number of likely N-dealkylation sites (N-methyl/N-ethyl adjacent to an activating group) is 1. The summed E-state index contributed by atoms with van der Waals surface area (Å²) in [6, 6.07) is 27.1. The Balaban J connectivity index is 1.59. The smallest absolute Gasteiger partial charge is 0.241 e.